The molecule has 0 bridgehead atoms. The molecule has 1 fully saturated rings. The Hall–Kier alpha value is -4.04. The molecule has 3 heterocycles. The van der Waals surface area contributed by atoms with Crippen LogP contribution in [0.1, 0.15) is 40.0 Å². The van der Waals surface area contributed by atoms with Crippen LogP contribution >= 0.6 is 0 Å². The van der Waals surface area contributed by atoms with Gasteiger partial charge in [-0.15, -0.1) is 10.2 Å². The maximum Gasteiger partial charge on any atom is 0.249 e. The van der Waals surface area contributed by atoms with Crippen LogP contribution < -0.4 is 11.1 Å². The molecule has 33 heavy (non-hydrogen) atoms. The summed E-state index contributed by atoms with van der Waals surface area (Å²) in [6.07, 6.45) is 2.00. The average molecular weight is 448 g/mol. The van der Waals surface area contributed by atoms with Crippen molar-refractivity contribution in [1.82, 2.24) is 24.8 Å². The lowest BCUT2D eigenvalue weighted by Gasteiger charge is -2.16. The maximum absolute atomic E-state index is 12.8. The van der Waals surface area contributed by atoms with Gasteiger partial charge in [-0.3, -0.25) is 9.59 Å². The van der Waals surface area contributed by atoms with Gasteiger partial charge >= 0.3 is 0 Å². The third kappa shape index (κ3) is 4.61. The SMILES string of the molecule is Cc1c(C#N)c(NC(=O)Cn2nnc(-c3ccc(C(N)=O)cc3)n2)n(CC2CCCO2)c1C. The van der Waals surface area contributed by atoms with Crippen LogP contribution in [0.3, 0.4) is 0 Å². The Balaban J connectivity index is 1.50. The van der Waals surface area contributed by atoms with E-state index in [2.05, 4.69) is 26.8 Å². The maximum atomic E-state index is 12.8. The van der Waals surface area contributed by atoms with Crippen LogP contribution in [0.4, 0.5) is 5.82 Å². The molecule has 1 atom stereocenters. The number of nitrogens with one attached hydrogen (secondary N) is 1. The highest BCUT2D eigenvalue weighted by molar-refractivity contribution is 5.93. The van der Waals surface area contributed by atoms with E-state index in [9.17, 15) is 14.9 Å². The zero-order valence-corrected chi connectivity index (χ0v) is 18.4. The number of tetrazole rings is 1. The van der Waals surface area contributed by atoms with Crippen molar-refractivity contribution in [3.8, 4) is 17.5 Å². The number of benzene rings is 1. The fraction of sp³-hybridized carbons (Fsp3) is 0.364. The van der Waals surface area contributed by atoms with E-state index in [-0.39, 0.29) is 18.6 Å². The van der Waals surface area contributed by atoms with Crippen LogP contribution in [0.2, 0.25) is 0 Å². The van der Waals surface area contributed by atoms with Gasteiger partial charge < -0.3 is 20.4 Å². The first-order chi connectivity index (χ1) is 15.9. The standard InChI is InChI=1S/C22H24N8O3/c1-13-14(2)29(11-17-4-3-9-33-17)22(18(13)10-23)25-19(31)12-30-27-21(26-28-30)16-7-5-15(6-8-16)20(24)32/h5-8,17H,3-4,9,11-12H2,1-2H3,(H2,24,32)(H,25,31). The van der Waals surface area contributed by atoms with Crippen molar-refractivity contribution in [3.63, 3.8) is 0 Å². The van der Waals surface area contributed by atoms with E-state index in [1.165, 1.54) is 4.80 Å². The molecule has 1 unspecified atom stereocenters. The molecule has 0 spiro atoms. The lowest BCUT2D eigenvalue weighted by atomic mass is 10.1. The Labute approximate surface area is 190 Å². The predicted octanol–water partition coefficient (Wildman–Crippen LogP) is 1.55. The van der Waals surface area contributed by atoms with E-state index in [4.69, 9.17) is 10.5 Å². The third-order valence-electron chi connectivity index (χ3n) is 5.77. The Morgan fingerprint density at radius 3 is 2.70 bits per heavy atom. The van der Waals surface area contributed by atoms with Gasteiger partial charge in [-0.05, 0) is 49.6 Å². The first-order valence-corrected chi connectivity index (χ1v) is 10.6. The Morgan fingerprint density at radius 1 is 1.30 bits per heavy atom. The summed E-state index contributed by atoms with van der Waals surface area (Å²) in [5, 5.41) is 24.7. The molecule has 0 aliphatic carbocycles. The Morgan fingerprint density at radius 2 is 2.06 bits per heavy atom. The number of aromatic nitrogens is 5. The third-order valence-corrected chi connectivity index (χ3v) is 5.77. The highest BCUT2D eigenvalue weighted by Crippen LogP contribution is 2.28. The number of hydrogen-bond acceptors (Lipinski definition) is 7. The van der Waals surface area contributed by atoms with Crippen molar-refractivity contribution in [2.24, 2.45) is 5.73 Å². The molecule has 0 radical (unpaired) electrons. The van der Waals surface area contributed by atoms with Crippen molar-refractivity contribution >= 4 is 17.6 Å². The minimum Gasteiger partial charge on any atom is -0.376 e. The highest BCUT2D eigenvalue weighted by Gasteiger charge is 2.24. The summed E-state index contributed by atoms with van der Waals surface area (Å²) >= 11 is 0. The van der Waals surface area contributed by atoms with Crippen LogP contribution in [0.15, 0.2) is 24.3 Å². The van der Waals surface area contributed by atoms with Gasteiger partial charge in [0.2, 0.25) is 17.6 Å². The Bertz CT molecular complexity index is 1230. The van der Waals surface area contributed by atoms with Gasteiger partial charge in [0, 0.05) is 23.4 Å². The number of anilines is 1. The highest BCUT2D eigenvalue weighted by atomic mass is 16.5. The summed E-state index contributed by atoms with van der Waals surface area (Å²) in [5.74, 6) is -0.146. The molecule has 1 aliphatic rings. The normalized spacial score (nSPS) is 15.4. The van der Waals surface area contributed by atoms with Crippen LogP contribution in [-0.2, 0) is 22.6 Å². The number of ether oxygens (including phenoxy) is 1. The Kier molecular flexibility index (Phi) is 6.19. The molecule has 1 aromatic carbocycles. The summed E-state index contributed by atoms with van der Waals surface area (Å²) in [5.41, 5.74) is 8.43. The van der Waals surface area contributed by atoms with E-state index in [0.717, 1.165) is 30.7 Å². The molecular weight excluding hydrogens is 424 g/mol. The number of nitrogens with two attached hydrogens (primary N) is 1. The summed E-state index contributed by atoms with van der Waals surface area (Å²) in [4.78, 5) is 25.2. The molecule has 1 saturated heterocycles. The number of carbonyl (C=O) groups is 2. The molecule has 2 amide bonds. The lowest BCUT2D eigenvalue weighted by molar-refractivity contribution is -0.117. The van der Waals surface area contributed by atoms with Gasteiger partial charge in [0.25, 0.3) is 0 Å². The van der Waals surface area contributed by atoms with Crippen molar-refractivity contribution in [3.05, 3.63) is 46.6 Å². The fourth-order valence-electron chi connectivity index (χ4n) is 3.86. The van der Waals surface area contributed by atoms with Crippen LogP contribution in [0.25, 0.3) is 11.4 Å². The molecule has 4 rings (SSSR count). The smallest absolute Gasteiger partial charge is 0.249 e. The number of hydrogen-bond donors (Lipinski definition) is 2. The zero-order chi connectivity index (χ0) is 23.5. The van der Waals surface area contributed by atoms with E-state index in [0.29, 0.717) is 34.9 Å². The van der Waals surface area contributed by atoms with Gasteiger partial charge in [-0.2, -0.15) is 10.1 Å². The second kappa shape index (κ2) is 9.22. The molecule has 11 heteroatoms. The molecule has 1 aliphatic heterocycles. The topological polar surface area (TPSA) is 154 Å². The quantitative estimate of drug-likeness (QED) is 0.556. The van der Waals surface area contributed by atoms with Crippen LogP contribution in [-0.4, -0.2) is 49.3 Å². The summed E-state index contributed by atoms with van der Waals surface area (Å²) in [6.45, 7) is 4.90. The summed E-state index contributed by atoms with van der Waals surface area (Å²) in [6, 6.07) is 8.65. The van der Waals surface area contributed by atoms with Gasteiger partial charge in [-0.25, -0.2) is 0 Å². The van der Waals surface area contributed by atoms with Gasteiger partial charge in [0.15, 0.2) is 0 Å². The molecule has 170 valence electrons. The molecular formula is C22H24N8O3. The van der Waals surface area contributed by atoms with Crippen molar-refractivity contribution in [1.29, 1.82) is 5.26 Å². The average Bonchev–Trinajstić information content (AvgIpc) is 3.52. The van der Waals surface area contributed by atoms with Crippen LogP contribution in [0, 0.1) is 25.2 Å². The van der Waals surface area contributed by atoms with E-state index < -0.39 is 5.91 Å². The second-order valence-corrected chi connectivity index (χ2v) is 7.92. The number of nitriles is 1. The van der Waals surface area contributed by atoms with Gasteiger partial charge in [0.1, 0.15) is 18.4 Å². The fourth-order valence-corrected chi connectivity index (χ4v) is 3.86. The second-order valence-electron chi connectivity index (χ2n) is 7.92. The number of primary amides is 1. The van der Waals surface area contributed by atoms with Crippen LogP contribution in [0.5, 0.6) is 0 Å². The number of carbonyl (C=O) groups excluding carboxylic acids is 2. The predicted molar refractivity (Wildman–Crippen MR) is 118 cm³/mol. The largest absolute Gasteiger partial charge is 0.376 e. The minimum atomic E-state index is -0.527. The monoisotopic (exact) mass is 448 g/mol. The minimum absolute atomic E-state index is 0.0539. The first-order valence-electron chi connectivity index (χ1n) is 10.6. The van der Waals surface area contributed by atoms with E-state index in [1.54, 1.807) is 24.3 Å². The number of rotatable bonds is 7. The molecule has 2 aromatic heterocycles. The number of nitrogens with zero attached hydrogens (tertiary/aromatic N) is 6. The van der Waals surface area contributed by atoms with Crippen molar-refractivity contribution in [2.45, 2.75) is 45.9 Å². The summed E-state index contributed by atoms with van der Waals surface area (Å²) in [7, 11) is 0. The lowest BCUT2D eigenvalue weighted by Crippen LogP contribution is -2.24. The molecule has 3 aromatic rings. The number of amides is 2. The molecule has 3 N–H and O–H groups in total. The molecule has 11 nitrogen and oxygen atoms in total. The van der Waals surface area contributed by atoms with Gasteiger partial charge in [0.05, 0.1) is 18.2 Å². The zero-order valence-electron chi connectivity index (χ0n) is 18.4. The summed E-state index contributed by atoms with van der Waals surface area (Å²) < 4.78 is 7.67. The van der Waals surface area contributed by atoms with Gasteiger partial charge in [-0.1, -0.05) is 12.1 Å². The van der Waals surface area contributed by atoms with Crippen molar-refractivity contribution < 1.29 is 14.3 Å². The first kappa shape index (κ1) is 22.2. The molecule has 0 saturated carbocycles. The van der Waals surface area contributed by atoms with E-state index in [1.807, 2.05) is 18.4 Å². The van der Waals surface area contributed by atoms with E-state index >= 15 is 0 Å². The van der Waals surface area contributed by atoms with Crippen molar-refractivity contribution in [2.75, 3.05) is 11.9 Å².